The van der Waals surface area contributed by atoms with Gasteiger partial charge in [-0.2, -0.15) is 0 Å². The summed E-state index contributed by atoms with van der Waals surface area (Å²) in [6, 6.07) is 14.4. The summed E-state index contributed by atoms with van der Waals surface area (Å²) in [4.78, 5) is 23.1. The maximum absolute atomic E-state index is 13.4. The van der Waals surface area contributed by atoms with E-state index in [1.807, 2.05) is 42.2 Å². The molecule has 5 rings (SSSR count). The standard InChI is InChI=1S/C22H25N5O2/c1-13-23-19-8-4-7-16(21(19)24-13)22(28)27-10-9-18-17(12-27)20(26-25-18)14-5-3-6-15(11-14)29-2/h3-8,11,17-18,20,25-26H,9-10,12H2,1-2H3,(H,23,24). The first kappa shape index (κ1) is 18.1. The van der Waals surface area contributed by atoms with Crippen LogP contribution in [0, 0.1) is 12.8 Å². The van der Waals surface area contributed by atoms with E-state index in [0.29, 0.717) is 24.1 Å². The lowest BCUT2D eigenvalue weighted by atomic mass is 9.85. The fourth-order valence-corrected chi connectivity index (χ4v) is 4.65. The number of nitrogens with zero attached hydrogens (tertiary/aromatic N) is 2. The maximum Gasteiger partial charge on any atom is 0.256 e. The van der Waals surface area contributed by atoms with Crippen LogP contribution in [-0.4, -0.2) is 47.0 Å². The summed E-state index contributed by atoms with van der Waals surface area (Å²) in [5.74, 6) is 2.01. The number of piperidine rings is 1. The molecule has 0 saturated carbocycles. The fourth-order valence-electron chi connectivity index (χ4n) is 4.65. The number of aromatic amines is 1. The number of imidazole rings is 1. The van der Waals surface area contributed by atoms with Crippen molar-refractivity contribution in [1.82, 2.24) is 25.7 Å². The minimum atomic E-state index is 0.0526. The van der Waals surface area contributed by atoms with Crippen LogP contribution >= 0.6 is 0 Å². The smallest absolute Gasteiger partial charge is 0.256 e. The van der Waals surface area contributed by atoms with E-state index in [0.717, 1.165) is 35.6 Å². The molecule has 0 aliphatic carbocycles. The zero-order valence-corrected chi connectivity index (χ0v) is 16.6. The first-order valence-corrected chi connectivity index (χ1v) is 10.0. The van der Waals surface area contributed by atoms with E-state index in [-0.39, 0.29) is 11.9 Å². The summed E-state index contributed by atoms with van der Waals surface area (Å²) in [5, 5.41) is 0. The van der Waals surface area contributed by atoms with Crippen molar-refractivity contribution < 1.29 is 9.53 Å². The lowest BCUT2D eigenvalue weighted by Crippen LogP contribution is -2.47. The Kier molecular flexibility index (Phi) is 4.49. The van der Waals surface area contributed by atoms with Gasteiger partial charge in [0.05, 0.1) is 24.2 Å². The minimum Gasteiger partial charge on any atom is -0.497 e. The van der Waals surface area contributed by atoms with Gasteiger partial charge in [0.15, 0.2) is 0 Å². The predicted molar refractivity (Wildman–Crippen MR) is 111 cm³/mol. The van der Waals surface area contributed by atoms with Crippen LogP contribution in [0.4, 0.5) is 0 Å². The van der Waals surface area contributed by atoms with Crippen molar-refractivity contribution in [3.05, 3.63) is 59.4 Å². The van der Waals surface area contributed by atoms with Gasteiger partial charge in [0.1, 0.15) is 17.1 Å². The number of hydrogen-bond acceptors (Lipinski definition) is 5. The summed E-state index contributed by atoms with van der Waals surface area (Å²) in [5.41, 5.74) is 10.4. The number of fused-ring (bicyclic) bond motifs is 2. The molecule has 3 unspecified atom stereocenters. The van der Waals surface area contributed by atoms with Crippen LogP contribution in [0.1, 0.15) is 34.2 Å². The minimum absolute atomic E-state index is 0.0526. The average molecular weight is 391 g/mol. The Morgan fingerprint density at radius 1 is 1.21 bits per heavy atom. The molecule has 7 heteroatoms. The molecule has 3 N–H and O–H groups in total. The van der Waals surface area contributed by atoms with Gasteiger partial charge in [0, 0.05) is 25.0 Å². The van der Waals surface area contributed by atoms with E-state index in [2.05, 4.69) is 33.0 Å². The molecule has 2 aliphatic rings. The van der Waals surface area contributed by atoms with Gasteiger partial charge in [-0.05, 0) is 43.2 Å². The highest BCUT2D eigenvalue weighted by atomic mass is 16.5. The molecule has 7 nitrogen and oxygen atoms in total. The van der Waals surface area contributed by atoms with E-state index < -0.39 is 0 Å². The molecule has 1 aromatic heterocycles. The summed E-state index contributed by atoms with van der Waals surface area (Å²) in [6.45, 7) is 3.35. The van der Waals surface area contributed by atoms with Crippen LogP contribution in [0.2, 0.25) is 0 Å². The molecule has 2 fully saturated rings. The van der Waals surface area contributed by atoms with Gasteiger partial charge >= 0.3 is 0 Å². The van der Waals surface area contributed by atoms with Crippen molar-refractivity contribution in [1.29, 1.82) is 0 Å². The van der Waals surface area contributed by atoms with Gasteiger partial charge in [-0.15, -0.1) is 0 Å². The molecule has 29 heavy (non-hydrogen) atoms. The number of carbonyl (C=O) groups excluding carboxylic acids is 1. The number of nitrogens with one attached hydrogen (secondary N) is 3. The molecule has 0 bridgehead atoms. The Bertz CT molecular complexity index is 1060. The first-order valence-electron chi connectivity index (χ1n) is 10.0. The van der Waals surface area contributed by atoms with Gasteiger partial charge in [0.2, 0.25) is 0 Å². The Balaban J connectivity index is 1.41. The summed E-state index contributed by atoms with van der Waals surface area (Å²) < 4.78 is 5.39. The van der Waals surface area contributed by atoms with E-state index in [9.17, 15) is 4.79 Å². The number of methoxy groups -OCH3 is 1. The number of aromatic nitrogens is 2. The van der Waals surface area contributed by atoms with E-state index in [4.69, 9.17) is 4.74 Å². The van der Waals surface area contributed by atoms with Crippen molar-refractivity contribution in [3.63, 3.8) is 0 Å². The van der Waals surface area contributed by atoms with Crippen LogP contribution in [0.5, 0.6) is 5.75 Å². The van der Waals surface area contributed by atoms with E-state index in [1.165, 1.54) is 5.56 Å². The van der Waals surface area contributed by atoms with Gasteiger partial charge in [-0.25, -0.2) is 10.4 Å². The number of H-pyrrole nitrogens is 1. The Morgan fingerprint density at radius 2 is 2.07 bits per heavy atom. The number of aryl methyl sites for hydroxylation is 1. The van der Waals surface area contributed by atoms with Crippen molar-refractivity contribution in [2.45, 2.75) is 25.4 Å². The zero-order valence-electron chi connectivity index (χ0n) is 16.6. The van der Waals surface area contributed by atoms with Gasteiger partial charge < -0.3 is 14.6 Å². The monoisotopic (exact) mass is 391 g/mol. The highest BCUT2D eigenvalue weighted by Crippen LogP contribution is 2.35. The predicted octanol–water partition coefficient (Wildman–Crippen LogP) is 2.56. The quantitative estimate of drug-likeness (QED) is 0.639. The molecule has 1 amide bonds. The summed E-state index contributed by atoms with van der Waals surface area (Å²) >= 11 is 0. The Hall–Kier alpha value is -2.90. The number of benzene rings is 2. The van der Waals surface area contributed by atoms with Gasteiger partial charge in [0.25, 0.3) is 5.91 Å². The number of amides is 1. The maximum atomic E-state index is 13.4. The fraction of sp³-hybridized carbons (Fsp3) is 0.364. The normalized spacial score (nSPS) is 23.9. The number of hydrazine groups is 1. The largest absolute Gasteiger partial charge is 0.497 e. The summed E-state index contributed by atoms with van der Waals surface area (Å²) in [6.07, 6.45) is 0.916. The number of carbonyl (C=O) groups is 1. The second-order valence-corrected chi connectivity index (χ2v) is 7.88. The van der Waals surface area contributed by atoms with Crippen LogP contribution in [0.15, 0.2) is 42.5 Å². The lowest BCUT2D eigenvalue weighted by molar-refractivity contribution is 0.0654. The van der Waals surface area contributed by atoms with Gasteiger partial charge in [-0.3, -0.25) is 10.2 Å². The Morgan fingerprint density at radius 3 is 2.93 bits per heavy atom. The SMILES string of the molecule is COc1cccc(C2NNC3CCN(C(=O)c4cccc5[nH]c(C)nc45)CC32)c1. The number of para-hydroxylation sites is 1. The third kappa shape index (κ3) is 3.16. The molecular weight excluding hydrogens is 366 g/mol. The second kappa shape index (κ2) is 7.17. The Labute approximate surface area is 169 Å². The molecular formula is C22H25N5O2. The second-order valence-electron chi connectivity index (χ2n) is 7.88. The molecule has 2 saturated heterocycles. The molecule has 2 aliphatic heterocycles. The molecule has 3 heterocycles. The van der Waals surface area contributed by atoms with Crippen molar-refractivity contribution in [3.8, 4) is 5.75 Å². The van der Waals surface area contributed by atoms with Crippen LogP contribution < -0.4 is 15.6 Å². The van der Waals surface area contributed by atoms with Gasteiger partial charge in [-0.1, -0.05) is 18.2 Å². The average Bonchev–Trinajstić information content (AvgIpc) is 3.35. The highest BCUT2D eigenvalue weighted by Gasteiger charge is 2.42. The number of ether oxygens (including phenoxy) is 1. The topological polar surface area (TPSA) is 82.3 Å². The van der Waals surface area contributed by atoms with Crippen LogP contribution in [-0.2, 0) is 0 Å². The third-order valence-corrected chi connectivity index (χ3v) is 6.11. The summed E-state index contributed by atoms with van der Waals surface area (Å²) in [7, 11) is 1.68. The zero-order chi connectivity index (χ0) is 20.0. The van der Waals surface area contributed by atoms with Crippen molar-refractivity contribution in [2.75, 3.05) is 20.2 Å². The number of rotatable bonds is 3. The van der Waals surface area contributed by atoms with Crippen LogP contribution in [0.25, 0.3) is 11.0 Å². The van der Waals surface area contributed by atoms with E-state index >= 15 is 0 Å². The number of hydrogen-bond donors (Lipinski definition) is 3. The highest BCUT2D eigenvalue weighted by molar-refractivity contribution is 6.04. The van der Waals surface area contributed by atoms with E-state index in [1.54, 1.807) is 7.11 Å². The van der Waals surface area contributed by atoms with Crippen molar-refractivity contribution in [2.24, 2.45) is 5.92 Å². The molecule has 2 aromatic carbocycles. The molecule has 0 spiro atoms. The number of likely N-dealkylation sites (tertiary alicyclic amines) is 1. The molecule has 3 aromatic rings. The van der Waals surface area contributed by atoms with Crippen LogP contribution in [0.3, 0.4) is 0 Å². The van der Waals surface area contributed by atoms with Crippen molar-refractivity contribution >= 4 is 16.9 Å². The lowest BCUT2D eigenvalue weighted by Gasteiger charge is -2.36. The molecule has 0 radical (unpaired) electrons. The first-order chi connectivity index (χ1) is 14.1. The molecule has 150 valence electrons. The third-order valence-electron chi connectivity index (χ3n) is 6.11. The molecule has 3 atom stereocenters.